The fourth-order valence-electron chi connectivity index (χ4n) is 2.18. The first-order valence-electron chi connectivity index (χ1n) is 5.50. The lowest BCUT2D eigenvalue weighted by Gasteiger charge is -2.34. The van der Waals surface area contributed by atoms with Crippen LogP contribution in [0, 0.1) is 0 Å². The van der Waals surface area contributed by atoms with Gasteiger partial charge in [-0.15, -0.1) is 0 Å². The molecule has 0 aromatic carbocycles. The lowest BCUT2D eigenvalue weighted by molar-refractivity contribution is 0.262. The normalized spacial score (nSPS) is 19.4. The van der Waals surface area contributed by atoms with Gasteiger partial charge in [0.05, 0.1) is 0 Å². The van der Waals surface area contributed by atoms with Crippen molar-refractivity contribution in [3.05, 3.63) is 24.6 Å². The van der Waals surface area contributed by atoms with E-state index in [1.54, 1.807) is 0 Å². The zero-order valence-corrected chi connectivity index (χ0v) is 9.97. The molecule has 0 N–H and O–H groups in total. The van der Waals surface area contributed by atoms with Crippen LogP contribution < -0.4 is 0 Å². The van der Waals surface area contributed by atoms with Crippen LogP contribution in [0.5, 0.6) is 0 Å². The molecule has 1 fully saturated rings. The molecular weight excluding hydrogens is 190 g/mol. The monoisotopic (exact) mass is 211 g/mol. The zero-order chi connectivity index (χ0) is 10.4. The molecule has 14 heavy (non-hydrogen) atoms. The van der Waals surface area contributed by atoms with Crippen LogP contribution in [0.4, 0.5) is 0 Å². The van der Waals surface area contributed by atoms with E-state index in [0.29, 0.717) is 6.04 Å². The highest BCUT2D eigenvalue weighted by atomic mass is 32.1. The predicted molar refractivity (Wildman–Crippen MR) is 66.5 cm³/mol. The third-order valence-electron chi connectivity index (χ3n) is 2.99. The highest BCUT2D eigenvalue weighted by Crippen LogP contribution is 2.25. The average molecular weight is 211 g/mol. The standard InChI is InChI=1S/C12H21NS/c1-3-11(10-14)13(4-2)12-8-6-5-7-9-12/h3-4,12,14H,2,5-10H2,1H3/b11-3-. The first-order valence-corrected chi connectivity index (χ1v) is 6.13. The van der Waals surface area contributed by atoms with Crippen molar-refractivity contribution in [1.82, 2.24) is 4.90 Å². The Hall–Kier alpha value is -0.370. The quantitative estimate of drug-likeness (QED) is 0.695. The van der Waals surface area contributed by atoms with Crippen LogP contribution >= 0.6 is 12.6 Å². The Labute approximate surface area is 93.3 Å². The Morgan fingerprint density at radius 2 is 2.07 bits per heavy atom. The molecule has 0 saturated heterocycles. The Kier molecular flexibility index (Phi) is 5.16. The average Bonchev–Trinajstić information content (AvgIpc) is 2.27. The molecule has 1 aliphatic carbocycles. The van der Waals surface area contributed by atoms with Crippen LogP contribution in [0.15, 0.2) is 24.6 Å². The fraction of sp³-hybridized carbons (Fsp3) is 0.667. The summed E-state index contributed by atoms with van der Waals surface area (Å²) in [7, 11) is 0. The first kappa shape index (κ1) is 11.7. The molecule has 1 saturated carbocycles. The van der Waals surface area contributed by atoms with Crippen LogP contribution in [-0.2, 0) is 0 Å². The van der Waals surface area contributed by atoms with Crippen LogP contribution in [0.1, 0.15) is 39.0 Å². The maximum atomic E-state index is 4.35. The summed E-state index contributed by atoms with van der Waals surface area (Å²) in [5.74, 6) is 0.805. The Bertz CT molecular complexity index is 204. The number of allylic oxidation sites excluding steroid dienone is 1. The van der Waals surface area contributed by atoms with Gasteiger partial charge < -0.3 is 4.90 Å². The SMILES string of the molecule is C=CN(/C(=C\C)CS)C1CCCCC1. The third kappa shape index (κ3) is 2.81. The van der Waals surface area contributed by atoms with Gasteiger partial charge in [-0.25, -0.2) is 0 Å². The first-order chi connectivity index (χ1) is 6.83. The lowest BCUT2D eigenvalue weighted by Crippen LogP contribution is -2.32. The summed E-state index contributed by atoms with van der Waals surface area (Å²) in [5.41, 5.74) is 1.29. The van der Waals surface area contributed by atoms with Gasteiger partial charge in [0, 0.05) is 17.5 Å². The number of rotatable bonds is 4. The third-order valence-corrected chi connectivity index (χ3v) is 3.32. The van der Waals surface area contributed by atoms with Crippen LogP contribution in [0.3, 0.4) is 0 Å². The van der Waals surface area contributed by atoms with Crippen molar-refractivity contribution in [2.24, 2.45) is 0 Å². The van der Waals surface area contributed by atoms with E-state index in [-0.39, 0.29) is 0 Å². The molecule has 2 heteroatoms. The molecule has 0 radical (unpaired) electrons. The molecule has 0 atom stereocenters. The van der Waals surface area contributed by atoms with E-state index < -0.39 is 0 Å². The van der Waals surface area contributed by atoms with Crippen molar-refractivity contribution >= 4 is 12.6 Å². The van der Waals surface area contributed by atoms with Gasteiger partial charge in [-0.2, -0.15) is 12.6 Å². The molecule has 1 nitrogen and oxygen atoms in total. The number of hydrogen-bond acceptors (Lipinski definition) is 2. The van der Waals surface area contributed by atoms with Gasteiger partial charge in [0.25, 0.3) is 0 Å². The number of nitrogens with zero attached hydrogens (tertiary/aromatic N) is 1. The minimum atomic E-state index is 0.666. The van der Waals surface area contributed by atoms with Gasteiger partial charge in [-0.3, -0.25) is 0 Å². The van der Waals surface area contributed by atoms with Crippen molar-refractivity contribution in [2.75, 3.05) is 5.75 Å². The van der Waals surface area contributed by atoms with Gasteiger partial charge in [0.15, 0.2) is 0 Å². The molecule has 0 spiro atoms. The minimum absolute atomic E-state index is 0.666. The largest absolute Gasteiger partial charge is 0.349 e. The van der Waals surface area contributed by atoms with Crippen molar-refractivity contribution in [3.8, 4) is 0 Å². The van der Waals surface area contributed by atoms with Gasteiger partial charge in [-0.1, -0.05) is 31.9 Å². The van der Waals surface area contributed by atoms with Crippen molar-refractivity contribution in [2.45, 2.75) is 45.1 Å². The molecule has 0 heterocycles. The smallest absolute Gasteiger partial charge is 0.0333 e. The molecule has 0 bridgehead atoms. The molecule has 0 amide bonds. The summed E-state index contributed by atoms with van der Waals surface area (Å²) in [6.07, 6.45) is 10.8. The van der Waals surface area contributed by atoms with Gasteiger partial charge in [0.1, 0.15) is 0 Å². The summed E-state index contributed by atoms with van der Waals surface area (Å²) in [6, 6.07) is 0.666. The molecule has 1 aliphatic rings. The second-order valence-corrected chi connectivity index (χ2v) is 4.14. The topological polar surface area (TPSA) is 3.24 Å². The Balaban J connectivity index is 2.63. The summed E-state index contributed by atoms with van der Waals surface area (Å²) in [5, 5.41) is 0. The van der Waals surface area contributed by atoms with Crippen molar-refractivity contribution in [3.63, 3.8) is 0 Å². The van der Waals surface area contributed by atoms with Crippen molar-refractivity contribution in [1.29, 1.82) is 0 Å². The molecule has 0 aromatic heterocycles. The Morgan fingerprint density at radius 3 is 2.50 bits per heavy atom. The summed E-state index contributed by atoms with van der Waals surface area (Å²) in [4.78, 5) is 2.31. The van der Waals surface area contributed by atoms with Gasteiger partial charge in [0.2, 0.25) is 0 Å². The van der Waals surface area contributed by atoms with E-state index >= 15 is 0 Å². The zero-order valence-electron chi connectivity index (χ0n) is 9.08. The molecule has 80 valence electrons. The molecule has 0 unspecified atom stereocenters. The van der Waals surface area contributed by atoms with Crippen molar-refractivity contribution < 1.29 is 0 Å². The number of thiol groups is 1. The maximum absolute atomic E-state index is 4.35. The summed E-state index contributed by atoms with van der Waals surface area (Å²) >= 11 is 4.35. The Morgan fingerprint density at radius 1 is 1.43 bits per heavy atom. The van der Waals surface area contributed by atoms with E-state index in [1.165, 1.54) is 37.8 Å². The van der Waals surface area contributed by atoms with E-state index in [2.05, 4.69) is 37.1 Å². The predicted octanol–water partition coefficient (Wildman–Crippen LogP) is 3.60. The number of hydrogen-bond donors (Lipinski definition) is 1. The summed E-state index contributed by atoms with van der Waals surface area (Å²) in [6.45, 7) is 5.98. The fourth-order valence-corrected chi connectivity index (χ4v) is 2.53. The van der Waals surface area contributed by atoms with Gasteiger partial charge >= 0.3 is 0 Å². The van der Waals surface area contributed by atoms with Crippen LogP contribution in [-0.4, -0.2) is 16.7 Å². The molecular formula is C12H21NS. The van der Waals surface area contributed by atoms with Crippen LogP contribution in [0.2, 0.25) is 0 Å². The summed E-state index contributed by atoms with van der Waals surface area (Å²) < 4.78 is 0. The van der Waals surface area contributed by atoms with Gasteiger partial charge in [-0.05, 0) is 26.0 Å². The minimum Gasteiger partial charge on any atom is -0.349 e. The molecule has 0 aromatic rings. The van der Waals surface area contributed by atoms with E-state index in [4.69, 9.17) is 0 Å². The molecule has 1 rings (SSSR count). The lowest BCUT2D eigenvalue weighted by atomic mass is 9.94. The maximum Gasteiger partial charge on any atom is 0.0333 e. The van der Waals surface area contributed by atoms with E-state index in [0.717, 1.165) is 5.75 Å². The highest BCUT2D eigenvalue weighted by molar-refractivity contribution is 7.80. The second-order valence-electron chi connectivity index (χ2n) is 3.82. The van der Waals surface area contributed by atoms with E-state index in [9.17, 15) is 0 Å². The second kappa shape index (κ2) is 6.18. The van der Waals surface area contributed by atoms with Crippen LogP contribution in [0.25, 0.3) is 0 Å². The molecule has 0 aliphatic heterocycles. The van der Waals surface area contributed by atoms with E-state index in [1.807, 2.05) is 6.20 Å². The highest BCUT2D eigenvalue weighted by Gasteiger charge is 2.19.